The van der Waals surface area contributed by atoms with E-state index in [1.807, 2.05) is 37.3 Å². The molecule has 1 aromatic rings. The average molecular weight is 419 g/mol. The predicted molar refractivity (Wildman–Crippen MR) is 127 cm³/mol. The monoisotopic (exact) mass is 418 g/mol. The highest BCUT2D eigenvalue weighted by molar-refractivity contribution is 5.81. The van der Waals surface area contributed by atoms with E-state index in [2.05, 4.69) is 6.92 Å². The molecule has 0 saturated heterocycles. The van der Waals surface area contributed by atoms with Gasteiger partial charge in [-0.25, -0.2) is 4.79 Å². The Morgan fingerprint density at radius 2 is 1.20 bits per heavy atom. The zero-order chi connectivity index (χ0) is 21.9. The van der Waals surface area contributed by atoms with Gasteiger partial charge in [0.2, 0.25) is 0 Å². The Morgan fingerprint density at radius 1 is 0.733 bits per heavy atom. The first-order chi connectivity index (χ1) is 14.7. The van der Waals surface area contributed by atoms with Crippen LogP contribution in [0, 0.1) is 0 Å². The molecule has 0 aromatic heterocycles. The highest BCUT2D eigenvalue weighted by Crippen LogP contribution is 2.33. The fourth-order valence-electron chi connectivity index (χ4n) is 4.27. The second-order valence-corrected chi connectivity index (χ2v) is 8.46. The molecule has 1 aromatic carbocycles. The minimum absolute atomic E-state index is 0.287. The minimum atomic E-state index is -0.970. The summed E-state index contributed by atoms with van der Waals surface area (Å²) in [7, 11) is 1.45. The van der Waals surface area contributed by atoms with E-state index < -0.39 is 5.60 Å². The van der Waals surface area contributed by atoms with E-state index in [4.69, 9.17) is 9.47 Å². The minimum Gasteiger partial charge on any atom is -0.467 e. The van der Waals surface area contributed by atoms with Crippen molar-refractivity contribution in [2.75, 3.05) is 13.7 Å². The largest absolute Gasteiger partial charge is 0.467 e. The Morgan fingerprint density at radius 3 is 1.63 bits per heavy atom. The molecule has 1 unspecified atom stereocenters. The number of esters is 1. The van der Waals surface area contributed by atoms with Crippen molar-refractivity contribution >= 4 is 5.97 Å². The molecule has 3 nitrogen and oxygen atoms in total. The molecule has 1 atom stereocenters. The molecular weight excluding hydrogens is 372 g/mol. The van der Waals surface area contributed by atoms with Crippen LogP contribution in [0.3, 0.4) is 0 Å². The summed E-state index contributed by atoms with van der Waals surface area (Å²) in [6.45, 7) is 4.70. The first kappa shape index (κ1) is 26.7. The maximum atomic E-state index is 12.6. The second kappa shape index (κ2) is 17.3. The molecule has 0 radical (unpaired) electrons. The summed E-state index contributed by atoms with van der Waals surface area (Å²) >= 11 is 0. The van der Waals surface area contributed by atoms with Gasteiger partial charge in [0.05, 0.1) is 7.11 Å². The number of methoxy groups -OCH3 is 1. The maximum absolute atomic E-state index is 12.6. The summed E-state index contributed by atoms with van der Waals surface area (Å²) in [6, 6.07) is 9.81. The maximum Gasteiger partial charge on any atom is 0.342 e. The zero-order valence-corrected chi connectivity index (χ0v) is 19.9. The molecule has 0 fully saturated rings. The van der Waals surface area contributed by atoms with Gasteiger partial charge in [-0.05, 0) is 25.3 Å². The van der Waals surface area contributed by atoms with Gasteiger partial charge in [-0.15, -0.1) is 0 Å². The van der Waals surface area contributed by atoms with Crippen LogP contribution >= 0.6 is 0 Å². The highest BCUT2D eigenvalue weighted by Gasteiger charge is 2.41. The summed E-state index contributed by atoms with van der Waals surface area (Å²) in [5, 5.41) is 0. The van der Waals surface area contributed by atoms with Crippen molar-refractivity contribution in [2.45, 2.75) is 116 Å². The number of rotatable bonds is 19. The Hall–Kier alpha value is -1.35. The molecule has 0 N–H and O–H groups in total. The Bertz CT molecular complexity index is 528. The SMILES string of the molecule is CCCCCCCCCCCCCCCCC(OCC)(C(=O)OC)c1ccccc1. The van der Waals surface area contributed by atoms with Crippen LogP contribution < -0.4 is 0 Å². The van der Waals surface area contributed by atoms with Crippen LogP contribution in [0.4, 0.5) is 0 Å². The summed E-state index contributed by atoms with van der Waals surface area (Å²) in [5.74, 6) is -0.287. The molecule has 0 amide bonds. The summed E-state index contributed by atoms with van der Waals surface area (Å²) in [6.07, 6.45) is 19.2. The third-order valence-corrected chi connectivity index (χ3v) is 6.03. The van der Waals surface area contributed by atoms with Crippen molar-refractivity contribution in [3.05, 3.63) is 35.9 Å². The quantitative estimate of drug-likeness (QED) is 0.169. The molecule has 1 rings (SSSR count). The summed E-state index contributed by atoms with van der Waals surface area (Å²) in [5.41, 5.74) is -0.0737. The van der Waals surface area contributed by atoms with Gasteiger partial charge in [-0.2, -0.15) is 0 Å². The van der Waals surface area contributed by atoms with Crippen LogP contribution in [0.15, 0.2) is 30.3 Å². The van der Waals surface area contributed by atoms with Gasteiger partial charge in [0, 0.05) is 6.61 Å². The lowest BCUT2D eigenvalue weighted by Crippen LogP contribution is -2.40. The third kappa shape index (κ3) is 10.1. The van der Waals surface area contributed by atoms with Gasteiger partial charge in [-0.3, -0.25) is 0 Å². The number of carbonyl (C=O) groups is 1. The topological polar surface area (TPSA) is 35.5 Å². The second-order valence-electron chi connectivity index (χ2n) is 8.46. The molecule has 0 saturated carbocycles. The van der Waals surface area contributed by atoms with Crippen molar-refractivity contribution < 1.29 is 14.3 Å². The van der Waals surface area contributed by atoms with Crippen molar-refractivity contribution in [1.29, 1.82) is 0 Å². The van der Waals surface area contributed by atoms with Gasteiger partial charge < -0.3 is 9.47 Å². The van der Waals surface area contributed by atoms with Crippen molar-refractivity contribution in [2.24, 2.45) is 0 Å². The van der Waals surface area contributed by atoms with E-state index in [0.717, 1.165) is 18.4 Å². The van der Waals surface area contributed by atoms with Gasteiger partial charge in [0.1, 0.15) is 0 Å². The lowest BCUT2D eigenvalue weighted by Gasteiger charge is -2.31. The zero-order valence-electron chi connectivity index (χ0n) is 19.9. The average Bonchev–Trinajstić information content (AvgIpc) is 2.78. The fraction of sp³-hybridized carbons (Fsp3) is 0.741. The van der Waals surface area contributed by atoms with Gasteiger partial charge in [0.25, 0.3) is 0 Å². The van der Waals surface area contributed by atoms with Crippen molar-refractivity contribution in [3.63, 3.8) is 0 Å². The lowest BCUT2D eigenvalue weighted by molar-refractivity contribution is -0.172. The van der Waals surface area contributed by atoms with Gasteiger partial charge in [0.15, 0.2) is 5.60 Å². The standard InChI is InChI=1S/C27H46O3/c1-4-6-7-8-9-10-11-12-13-14-15-16-17-21-24-27(30-5-2,26(28)29-3)25-22-19-18-20-23-25/h18-20,22-23H,4-17,21,24H2,1-3H3. The van der Waals surface area contributed by atoms with Crippen LogP contribution in [-0.2, 0) is 19.9 Å². The smallest absolute Gasteiger partial charge is 0.342 e. The first-order valence-electron chi connectivity index (χ1n) is 12.5. The Labute approximate surface area is 185 Å². The summed E-state index contributed by atoms with van der Waals surface area (Å²) in [4.78, 5) is 12.6. The number of hydrogen-bond acceptors (Lipinski definition) is 3. The van der Waals surface area contributed by atoms with E-state index in [1.54, 1.807) is 0 Å². The lowest BCUT2D eigenvalue weighted by atomic mass is 9.87. The van der Waals surface area contributed by atoms with Crippen LogP contribution in [0.25, 0.3) is 0 Å². The Kier molecular flexibility index (Phi) is 15.4. The van der Waals surface area contributed by atoms with E-state index in [-0.39, 0.29) is 5.97 Å². The highest BCUT2D eigenvalue weighted by atomic mass is 16.6. The van der Waals surface area contributed by atoms with E-state index >= 15 is 0 Å². The van der Waals surface area contributed by atoms with Gasteiger partial charge >= 0.3 is 5.97 Å². The number of benzene rings is 1. The molecular formula is C27H46O3. The molecule has 0 aliphatic rings. The van der Waals surface area contributed by atoms with Crippen molar-refractivity contribution in [3.8, 4) is 0 Å². The van der Waals surface area contributed by atoms with Crippen LogP contribution in [0.5, 0.6) is 0 Å². The van der Waals surface area contributed by atoms with Crippen LogP contribution in [0.2, 0.25) is 0 Å². The molecule has 0 aliphatic heterocycles. The van der Waals surface area contributed by atoms with Crippen LogP contribution in [0.1, 0.15) is 116 Å². The fourth-order valence-corrected chi connectivity index (χ4v) is 4.27. The van der Waals surface area contributed by atoms with Crippen molar-refractivity contribution in [1.82, 2.24) is 0 Å². The third-order valence-electron chi connectivity index (χ3n) is 6.03. The normalized spacial score (nSPS) is 13.2. The number of hydrogen-bond donors (Lipinski definition) is 0. The van der Waals surface area contributed by atoms with Gasteiger partial charge in [-0.1, -0.05) is 121 Å². The van der Waals surface area contributed by atoms with E-state index in [9.17, 15) is 4.79 Å². The predicted octanol–water partition coefficient (Wildman–Crippen LogP) is 7.96. The molecule has 172 valence electrons. The Balaban J connectivity index is 2.23. The first-order valence-corrected chi connectivity index (χ1v) is 12.5. The van der Waals surface area contributed by atoms with Crippen LogP contribution in [-0.4, -0.2) is 19.7 Å². The molecule has 30 heavy (non-hydrogen) atoms. The molecule has 3 heteroatoms. The number of unbranched alkanes of at least 4 members (excludes halogenated alkanes) is 13. The molecule has 0 spiro atoms. The molecule has 0 heterocycles. The molecule has 0 bridgehead atoms. The number of carbonyl (C=O) groups excluding carboxylic acids is 1. The molecule has 0 aliphatic carbocycles. The van der Waals surface area contributed by atoms with E-state index in [1.165, 1.54) is 84.2 Å². The number of ether oxygens (including phenoxy) is 2. The van der Waals surface area contributed by atoms with E-state index in [0.29, 0.717) is 13.0 Å². The summed E-state index contributed by atoms with van der Waals surface area (Å²) < 4.78 is 11.1.